The van der Waals surface area contributed by atoms with Crippen molar-refractivity contribution < 1.29 is 9.53 Å². The second-order valence-corrected chi connectivity index (χ2v) is 7.40. The van der Waals surface area contributed by atoms with E-state index in [0.717, 1.165) is 18.8 Å². The highest BCUT2D eigenvalue weighted by molar-refractivity contribution is 5.93. The van der Waals surface area contributed by atoms with Gasteiger partial charge in [0.15, 0.2) is 11.4 Å². The number of azo groups is 1. The van der Waals surface area contributed by atoms with Crippen molar-refractivity contribution in [3.8, 4) is 17.9 Å². The van der Waals surface area contributed by atoms with Crippen LogP contribution in [-0.2, 0) is 11.3 Å². The minimum atomic E-state index is -0.240. The number of ether oxygens (including phenoxy) is 1. The first-order valence-corrected chi connectivity index (χ1v) is 11.2. The molecule has 0 bridgehead atoms. The Bertz CT molecular complexity index is 1280. The Morgan fingerprint density at radius 2 is 1.86 bits per heavy atom. The molecule has 0 saturated heterocycles. The first kappa shape index (κ1) is 24.9. The van der Waals surface area contributed by atoms with Gasteiger partial charge in [-0.3, -0.25) is 9.36 Å². The van der Waals surface area contributed by atoms with E-state index >= 15 is 0 Å². The molecule has 35 heavy (non-hydrogen) atoms. The highest BCUT2D eigenvalue weighted by Gasteiger charge is 2.17. The number of nitriles is 2. The zero-order valence-electron chi connectivity index (χ0n) is 19.9. The maximum absolute atomic E-state index is 11.8. The number of rotatable bonds is 10. The van der Waals surface area contributed by atoms with Crippen LogP contribution >= 0.6 is 0 Å². The van der Waals surface area contributed by atoms with Crippen LogP contribution in [0.3, 0.4) is 0 Å². The number of carbonyl (C=O) groups excluding carboxylic acids is 1. The van der Waals surface area contributed by atoms with Gasteiger partial charge < -0.3 is 15.0 Å². The zero-order chi connectivity index (χ0) is 25.2. The van der Waals surface area contributed by atoms with Crippen LogP contribution in [0, 0.1) is 22.7 Å². The van der Waals surface area contributed by atoms with Crippen molar-refractivity contribution in [2.24, 2.45) is 10.2 Å². The van der Waals surface area contributed by atoms with Gasteiger partial charge in [-0.15, -0.1) is 10.2 Å². The van der Waals surface area contributed by atoms with Crippen molar-refractivity contribution in [2.75, 3.05) is 29.9 Å². The first-order chi connectivity index (χ1) is 17.0. The predicted octanol–water partition coefficient (Wildman–Crippen LogP) is 4.93. The number of benzene rings is 2. The van der Waals surface area contributed by atoms with Crippen LogP contribution in [-0.4, -0.2) is 35.2 Å². The fraction of sp³-hybridized carbons (Fsp3) is 0.280. The van der Waals surface area contributed by atoms with E-state index in [1.54, 1.807) is 6.07 Å². The van der Waals surface area contributed by atoms with E-state index in [-0.39, 0.29) is 36.4 Å². The van der Waals surface area contributed by atoms with Gasteiger partial charge in [0.25, 0.3) is 5.95 Å². The van der Waals surface area contributed by atoms with Crippen molar-refractivity contribution in [1.29, 1.82) is 10.5 Å². The summed E-state index contributed by atoms with van der Waals surface area (Å²) in [6.45, 7) is 7.62. The second-order valence-electron chi connectivity index (χ2n) is 7.40. The van der Waals surface area contributed by atoms with Gasteiger partial charge in [0.1, 0.15) is 30.2 Å². The molecule has 0 radical (unpaired) electrons. The van der Waals surface area contributed by atoms with Crippen LogP contribution in [0.15, 0.2) is 58.8 Å². The average molecular weight is 471 g/mol. The number of anilines is 2. The Morgan fingerprint density at radius 3 is 2.49 bits per heavy atom. The average Bonchev–Trinajstić information content (AvgIpc) is 3.21. The highest BCUT2D eigenvalue weighted by Crippen LogP contribution is 2.32. The predicted molar refractivity (Wildman–Crippen MR) is 132 cm³/mol. The number of nitrogens with zero attached hydrogens (tertiary/aromatic N) is 7. The molecule has 178 valence electrons. The van der Waals surface area contributed by atoms with Gasteiger partial charge in [0, 0.05) is 25.7 Å². The number of nitrogens with one attached hydrogen (secondary N) is 1. The molecule has 0 spiro atoms. The Morgan fingerprint density at radius 1 is 1.11 bits per heavy atom. The molecule has 0 fully saturated rings. The molecular formula is C25H26N8O2. The normalized spacial score (nSPS) is 10.5. The lowest BCUT2D eigenvalue weighted by atomic mass is 10.2. The molecule has 0 aliphatic heterocycles. The summed E-state index contributed by atoms with van der Waals surface area (Å²) in [7, 11) is 0. The van der Waals surface area contributed by atoms with E-state index in [4.69, 9.17) is 4.74 Å². The fourth-order valence-electron chi connectivity index (χ4n) is 3.48. The van der Waals surface area contributed by atoms with Crippen molar-refractivity contribution in [3.05, 3.63) is 59.9 Å². The van der Waals surface area contributed by atoms with Crippen LogP contribution in [0.5, 0.6) is 5.75 Å². The highest BCUT2D eigenvalue weighted by atomic mass is 16.5. The van der Waals surface area contributed by atoms with Crippen LogP contribution in [0.25, 0.3) is 0 Å². The number of carbonyl (C=O) groups is 1. The van der Waals surface area contributed by atoms with E-state index in [0.29, 0.717) is 17.1 Å². The maximum Gasteiger partial charge on any atom is 0.251 e. The number of para-hydroxylation sites is 1. The van der Waals surface area contributed by atoms with E-state index in [1.807, 2.05) is 54.6 Å². The van der Waals surface area contributed by atoms with Gasteiger partial charge in [-0.05, 0) is 44.2 Å². The fourth-order valence-corrected chi connectivity index (χ4v) is 3.48. The zero-order valence-corrected chi connectivity index (χ0v) is 19.9. The largest absolute Gasteiger partial charge is 0.492 e. The molecule has 3 rings (SSSR count). The Hall–Kier alpha value is -4.70. The van der Waals surface area contributed by atoms with Crippen molar-refractivity contribution in [3.63, 3.8) is 0 Å². The number of imidazole rings is 1. The first-order valence-electron chi connectivity index (χ1n) is 11.2. The monoisotopic (exact) mass is 470 g/mol. The van der Waals surface area contributed by atoms with Crippen LogP contribution in [0.2, 0.25) is 0 Å². The number of aromatic nitrogens is 2. The molecular weight excluding hydrogens is 444 g/mol. The summed E-state index contributed by atoms with van der Waals surface area (Å²) in [4.78, 5) is 18.1. The van der Waals surface area contributed by atoms with Crippen molar-refractivity contribution >= 4 is 28.9 Å². The summed E-state index contributed by atoms with van der Waals surface area (Å²) in [6.07, 6.45) is 0. The minimum absolute atomic E-state index is 0.0415. The standard InChI is InChI=1S/C25H26N8O2/c1-4-32(5-2)19-11-12-21(22(15-19)28-18(3)34)30-31-25-29-23(16-26)24(17-27)33(25)13-14-35-20-9-7-6-8-10-20/h6-12,15H,4-5,13-14H2,1-3H3,(H,28,34). The molecule has 0 aliphatic rings. The second kappa shape index (κ2) is 12.0. The lowest BCUT2D eigenvalue weighted by molar-refractivity contribution is -0.114. The van der Waals surface area contributed by atoms with Gasteiger partial charge in [0.05, 0.1) is 12.2 Å². The number of amides is 1. The molecule has 1 aromatic heterocycles. The molecule has 10 heteroatoms. The minimum Gasteiger partial charge on any atom is -0.492 e. The Labute approximate surface area is 204 Å². The SMILES string of the molecule is CCN(CC)c1ccc(N=Nc2nc(C#N)c(C#N)n2CCOc2ccccc2)c(NC(C)=O)c1. The molecule has 2 aromatic carbocycles. The molecule has 0 unspecified atom stereocenters. The smallest absolute Gasteiger partial charge is 0.251 e. The summed E-state index contributed by atoms with van der Waals surface area (Å²) in [5.41, 5.74) is 1.90. The third-order valence-electron chi connectivity index (χ3n) is 5.15. The van der Waals surface area contributed by atoms with E-state index < -0.39 is 0 Å². The van der Waals surface area contributed by atoms with Crippen LogP contribution in [0.4, 0.5) is 23.0 Å². The molecule has 0 aliphatic carbocycles. The number of hydrogen-bond acceptors (Lipinski definition) is 8. The molecule has 1 heterocycles. The quantitative estimate of drug-likeness (QED) is 0.418. The van der Waals surface area contributed by atoms with E-state index in [9.17, 15) is 15.3 Å². The summed E-state index contributed by atoms with van der Waals surface area (Å²) < 4.78 is 7.22. The number of hydrogen-bond donors (Lipinski definition) is 1. The summed E-state index contributed by atoms with van der Waals surface area (Å²) >= 11 is 0. The molecule has 1 N–H and O–H groups in total. The molecule has 0 saturated carbocycles. The summed E-state index contributed by atoms with van der Waals surface area (Å²) in [6, 6.07) is 18.7. The third-order valence-corrected chi connectivity index (χ3v) is 5.15. The summed E-state index contributed by atoms with van der Waals surface area (Å²) in [5.74, 6) is 0.538. The van der Waals surface area contributed by atoms with Crippen molar-refractivity contribution in [1.82, 2.24) is 9.55 Å². The topological polar surface area (TPSA) is 132 Å². The maximum atomic E-state index is 11.8. The molecule has 10 nitrogen and oxygen atoms in total. The lowest BCUT2D eigenvalue weighted by Crippen LogP contribution is -2.21. The molecule has 3 aromatic rings. The van der Waals surface area contributed by atoms with Gasteiger partial charge in [0.2, 0.25) is 5.91 Å². The van der Waals surface area contributed by atoms with Gasteiger partial charge in [-0.25, -0.2) is 0 Å². The van der Waals surface area contributed by atoms with Crippen LogP contribution < -0.4 is 15.0 Å². The van der Waals surface area contributed by atoms with Gasteiger partial charge >= 0.3 is 0 Å². The molecule has 1 amide bonds. The van der Waals surface area contributed by atoms with E-state index in [1.165, 1.54) is 11.5 Å². The van der Waals surface area contributed by atoms with Gasteiger partial charge in [-0.2, -0.15) is 15.5 Å². The van der Waals surface area contributed by atoms with E-state index in [2.05, 4.69) is 39.3 Å². The lowest BCUT2D eigenvalue weighted by Gasteiger charge is -2.22. The third kappa shape index (κ3) is 6.21. The molecule has 0 atom stereocenters. The summed E-state index contributed by atoms with van der Waals surface area (Å²) in [5, 5.41) is 30.3. The van der Waals surface area contributed by atoms with Gasteiger partial charge in [-0.1, -0.05) is 18.2 Å². The van der Waals surface area contributed by atoms with Crippen molar-refractivity contribution in [2.45, 2.75) is 27.3 Å². The Kier molecular flexibility index (Phi) is 8.52. The van der Waals surface area contributed by atoms with Crippen LogP contribution in [0.1, 0.15) is 32.2 Å². The Balaban J connectivity index is 1.92.